The van der Waals surface area contributed by atoms with E-state index in [2.05, 4.69) is 40.6 Å². The van der Waals surface area contributed by atoms with Crippen molar-refractivity contribution in [2.45, 2.75) is 20.3 Å². The fourth-order valence-corrected chi connectivity index (χ4v) is 2.12. The molecule has 0 aliphatic rings. The number of terminal acetylenes is 1. The quantitative estimate of drug-likeness (QED) is 0.583. The molecular formula is C11H16N4OS. The minimum atomic E-state index is -0.160. The van der Waals surface area contributed by atoms with Crippen LogP contribution >= 0.6 is 11.3 Å². The fraction of sp³-hybridized carbons (Fsp3) is 0.545. The number of aromatic nitrogens is 2. The van der Waals surface area contributed by atoms with Gasteiger partial charge in [0.25, 0.3) is 0 Å². The molecule has 0 aromatic carbocycles. The first-order chi connectivity index (χ1) is 8.11. The van der Waals surface area contributed by atoms with Gasteiger partial charge >= 0.3 is 0 Å². The van der Waals surface area contributed by atoms with E-state index >= 15 is 0 Å². The van der Waals surface area contributed by atoms with Gasteiger partial charge in [-0.15, -0.1) is 16.6 Å². The molecule has 92 valence electrons. The molecule has 1 aromatic heterocycles. The lowest BCUT2D eigenvalue weighted by Crippen LogP contribution is -2.28. The Labute approximate surface area is 105 Å². The number of carbonyl (C=O) groups is 1. The van der Waals surface area contributed by atoms with Crippen molar-refractivity contribution in [2.24, 2.45) is 5.92 Å². The molecule has 1 heterocycles. The van der Waals surface area contributed by atoms with E-state index in [-0.39, 0.29) is 12.5 Å². The maximum absolute atomic E-state index is 11.4. The van der Waals surface area contributed by atoms with Crippen molar-refractivity contribution in [2.75, 3.05) is 18.4 Å². The van der Waals surface area contributed by atoms with Crippen LogP contribution in [-0.2, 0) is 11.2 Å². The van der Waals surface area contributed by atoms with Crippen LogP contribution in [0.4, 0.5) is 5.13 Å². The number of hydrogen-bond donors (Lipinski definition) is 2. The van der Waals surface area contributed by atoms with Crippen molar-refractivity contribution in [3.63, 3.8) is 0 Å². The monoisotopic (exact) mass is 252 g/mol. The Morgan fingerprint density at radius 1 is 1.53 bits per heavy atom. The van der Waals surface area contributed by atoms with E-state index in [0.29, 0.717) is 17.6 Å². The van der Waals surface area contributed by atoms with E-state index in [1.54, 1.807) is 0 Å². The van der Waals surface area contributed by atoms with Gasteiger partial charge in [-0.3, -0.25) is 15.4 Å². The molecule has 1 amide bonds. The molecule has 0 aliphatic heterocycles. The van der Waals surface area contributed by atoms with Crippen LogP contribution in [0.3, 0.4) is 0 Å². The molecule has 0 saturated heterocycles. The normalized spacial score (nSPS) is 10.2. The molecule has 5 nitrogen and oxygen atoms in total. The molecule has 0 aliphatic carbocycles. The van der Waals surface area contributed by atoms with Crippen molar-refractivity contribution >= 4 is 22.4 Å². The molecule has 0 atom stereocenters. The molecule has 0 spiro atoms. The first kappa shape index (κ1) is 13.6. The van der Waals surface area contributed by atoms with Crippen molar-refractivity contribution in [3.8, 4) is 12.3 Å². The van der Waals surface area contributed by atoms with Crippen LogP contribution < -0.4 is 10.6 Å². The molecule has 1 rings (SSSR count). The summed E-state index contributed by atoms with van der Waals surface area (Å²) in [7, 11) is 0. The number of nitrogens with zero attached hydrogens (tertiary/aromatic N) is 2. The Morgan fingerprint density at radius 2 is 2.29 bits per heavy atom. The minimum Gasteiger partial charge on any atom is -0.299 e. The number of nitrogens with one attached hydrogen (secondary N) is 2. The van der Waals surface area contributed by atoms with E-state index in [0.717, 1.165) is 11.4 Å². The zero-order valence-corrected chi connectivity index (χ0v) is 10.8. The summed E-state index contributed by atoms with van der Waals surface area (Å²) in [5.41, 5.74) is 0. The van der Waals surface area contributed by atoms with Crippen molar-refractivity contribution in [1.29, 1.82) is 0 Å². The van der Waals surface area contributed by atoms with E-state index in [1.807, 2.05) is 0 Å². The number of rotatable bonds is 6. The molecule has 1 aromatic rings. The fourth-order valence-electron chi connectivity index (χ4n) is 1.15. The van der Waals surface area contributed by atoms with Crippen molar-refractivity contribution in [3.05, 3.63) is 5.01 Å². The van der Waals surface area contributed by atoms with Crippen LogP contribution in [0.1, 0.15) is 18.9 Å². The first-order valence-electron chi connectivity index (χ1n) is 5.38. The highest BCUT2D eigenvalue weighted by Gasteiger charge is 2.08. The third kappa shape index (κ3) is 5.43. The first-order valence-corrected chi connectivity index (χ1v) is 6.20. The van der Waals surface area contributed by atoms with Gasteiger partial charge in [-0.1, -0.05) is 31.1 Å². The molecule has 2 N–H and O–H groups in total. The van der Waals surface area contributed by atoms with Gasteiger partial charge in [-0.2, -0.15) is 0 Å². The molecule has 0 fully saturated rings. The summed E-state index contributed by atoms with van der Waals surface area (Å²) in [5, 5.41) is 14.9. The van der Waals surface area contributed by atoms with E-state index in [9.17, 15) is 4.79 Å². The highest BCUT2D eigenvalue weighted by molar-refractivity contribution is 7.15. The van der Waals surface area contributed by atoms with Crippen LogP contribution in [0.25, 0.3) is 0 Å². The second-order valence-corrected chi connectivity index (χ2v) is 5.02. The Hall–Kier alpha value is -1.45. The van der Waals surface area contributed by atoms with Crippen LogP contribution in [0.5, 0.6) is 0 Å². The summed E-state index contributed by atoms with van der Waals surface area (Å²) >= 11 is 1.41. The Morgan fingerprint density at radius 3 is 2.94 bits per heavy atom. The predicted octanol–water partition coefficient (Wildman–Crippen LogP) is 0.898. The van der Waals surface area contributed by atoms with E-state index in [1.165, 1.54) is 11.3 Å². The lowest BCUT2D eigenvalue weighted by Gasteiger charge is -2.00. The largest absolute Gasteiger partial charge is 0.299 e. The maximum atomic E-state index is 11.4. The van der Waals surface area contributed by atoms with Gasteiger partial charge in [0.05, 0.1) is 13.1 Å². The zero-order valence-electron chi connectivity index (χ0n) is 9.99. The molecule has 6 heteroatoms. The summed E-state index contributed by atoms with van der Waals surface area (Å²) < 4.78 is 0. The Bertz CT molecular complexity index is 408. The zero-order chi connectivity index (χ0) is 12.7. The van der Waals surface area contributed by atoms with E-state index < -0.39 is 0 Å². The standard InChI is InChI=1S/C11H16N4OS/c1-4-5-12-7-9(16)13-11-15-14-10(17-11)6-8(2)3/h1,8,12H,5-7H2,2-3H3,(H,13,15,16). The third-order valence-electron chi connectivity index (χ3n) is 1.81. The summed E-state index contributed by atoms with van der Waals surface area (Å²) in [5.74, 6) is 2.77. The molecule has 17 heavy (non-hydrogen) atoms. The van der Waals surface area contributed by atoms with Crippen LogP contribution in [0.2, 0.25) is 0 Å². The second kappa shape index (κ2) is 6.99. The van der Waals surface area contributed by atoms with Gasteiger partial charge in [0.15, 0.2) is 0 Å². The topological polar surface area (TPSA) is 66.9 Å². The SMILES string of the molecule is C#CCNCC(=O)Nc1nnc(CC(C)C)s1. The molecule has 0 bridgehead atoms. The predicted molar refractivity (Wildman–Crippen MR) is 68.8 cm³/mol. The summed E-state index contributed by atoms with van der Waals surface area (Å²) in [6, 6.07) is 0. The second-order valence-electron chi connectivity index (χ2n) is 3.95. The lowest BCUT2D eigenvalue weighted by atomic mass is 10.1. The average Bonchev–Trinajstić information content (AvgIpc) is 2.64. The van der Waals surface area contributed by atoms with Crippen LogP contribution in [0, 0.1) is 18.3 Å². The van der Waals surface area contributed by atoms with Gasteiger partial charge in [-0.05, 0) is 5.92 Å². The Balaban J connectivity index is 2.38. The van der Waals surface area contributed by atoms with Gasteiger partial charge in [-0.25, -0.2) is 0 Å². The average molecular weight is 252 g/mol. The highest BCUT2D eigenvalue weighted by Crippen LogP contribution is 2.17. The highest BCUT2D eigenvalue weighted by atomic mass is 32.1. The molecule has 0 unspecified atom stereocenters. The van der Waals surface area contributed by atoms with Gasteiger partial charge in [0, 0.05) is 6.42 Å². The molecule has 0 radical (unpaired) electrons. The minimum absolute atomic E-state index is 0.160. The van der Waals surface area contributed by atoms with Gasteiger partial charge in [0.1, 0.15) is 5.01 Å². The number of anilines is 1. The van der Waals surface area contributed by atoms with Crippen LogP contribution in [0.15, 0.2) is 0 Å². The van der Waals surface area contributed by atoms with Crippen molar-refractivity contribution in [1.82, 2.24) is 15.5 Å². The summed E-state index contributed by atoms with van der Waals surface area (Å²) in [6.07, 6.45) is 5.93. The summed E-state index contributed by atoms with van der Waals surface area (Å²) in [4.78, 5) is 11.4. The van der Waals surface area contributed by atoms with Gasteiger partial charge < -0.3 is 0 Å². The Kier molecular flexibility index (Phi) is 5.60. The third-order valence-corrected chi connectivity index (χ3v) is 2.67. The molecular weight excluding hydrogens is 236 g/mol. The lowest BCUT2D eigenvalue weighted by molar-refractivity contribution is -0.115. The number of amides is 1. The summed E-state index contributed by atoms with van der Waals surface area (Å²) in [6.45, 7) is 4.79. The van der Waals surface area contributed by atoms with Crippen molar-refractivity contribution < 1.29 is 4.79 Å². The number of carbonyl (C=O) groups excluding carboxylic acids is 1. The smallest absolute Gasteiger partial charge is 0.240 e. The van der Waals surface area contributed by atoms with Crippen LogP contribution in [-0.4, -0.2) is 29.2 Å². The number of hydrogen-bond acceptors (Lipinski definition) is 5. The van der Waals surface area contributed by atoms with Gasteiger partial charge in [0.2, 0.25) is 11.0 Å². The van der Waals surface area contributed by atoms with E-state index in [4.69, 9.17) is 6.42 Å². The maximum Gasteiger partial charge on any atom is 0.240 e. The molecule has 0 saturated carbocycles.